The SMILES string of the molecule is C#CCCn1cnc(=N)c2[nH]c(Sc3cc(C)cc(Cl)c3)nc21. The van der Waals surface area contributed by atoms with E-state index in [9.17, 15) is 0 Å². The number of fused-ring (bicyclic) bond motifs is 1. The van der Waals surface area contributed by atoms with Gasteiger partial charge < -0.3 is 9.55 Å². The van der Waals surface area contributed by atoms with Crippen molar-refractivity contribution in [2.24, 2.45) is 0 Å². The normalized spacial score (nSPS) is 10.8. The number of hydrogen-bond donors (Lipinski definition) is 2. The molecule has 0 atom stereocenters. The van der Waals surface area contributed by atoms with Crippen LogP contribution in [-0.2, 0) is 6.54 Å². The summed E-state index contributed by atoms with van der Waals surface area (Å²) in [4.78, 5) is 12.8. The predicted molar refractivity (Wildman–Crippen MR) is 91.5 cm³/mol. The van der Waals surface area contributed by atoms with Gasteiger partial charge >= 0.3 is 0 Å². The van der Waals surface area contributed by atoms with Gasteiger partial charge in [0, 0.05) is 22.9 Å². The van der Waals surface area contributed by atoms with E-state index >= 15 is 0 Å². The molecule has 0 aliphatic carbocycles. The maximum atomic E-state index is 7.93. The van der Waals surface area contributed by atoms with Crippen LogP contribution in [0, 0.1) is 24.7 Å². The van der Waals surface area contributed by atoms with Crippen LogP contribution in [0.4, 0.5) is 0 Å². The van der Waals surface area contributed by atoms with Crippen molar-refractivity contribution in [3.8, 4) is 12.3 Å². The molecule has 0 aliphatic rings. The first-order valence-corrected chi connectivity index (χ1v) is 8.14. The Morgan fingerprint density at radius 2 is 2.26 bits per heavy atom. The Morgan fingerprint density at radius 3 is 3.00 bits per heavy atom. The monoisotopic (exact) mass is 343 g/mol. The third kappa shape index (κ3) is 3.41. The number of H-pyrrole nitrogens is 1. The highest BCUT2D eigenvalue weighted by Crippen LogP contribution is 2.29. The minimum Gasteiger partial charge on any atom is -0.328 e. The predicted octanol–water partition coefficient (Wildman–Crippen LogP) is 3.38. The van der Waals surface area contributed by atoms with Crippen molar-refractivity contribution in [3.05, 3.63) is 40.6 Å². The fourth-order valence-corrected chi connectivity index (χ4v) is 3.53. The first kappa shape index (κ1) is 15.7. The van der Waals surface area contributed by atoms with E-state index in [0.29, 0.717) is 34.3 Å². The summed E-state index contributed by atoms with van der Waals surface area (Å²) in [5.41, 5.74) is 2.54. The summed E-state index contributed by atoms with van der Waals surface area (Å²) >= 11 is 7.56. The Bertz CT molecular complexity index is 946. The van der Waals surface area contributed by atoms with E-state index in [1.807, 2.05) is 29.7 Å². The summed E-state index contributed by atoms with van der Waals surface area (Å²) in [5.74, 6) is 2.60. The van der Waals surface area contributed by atoms with E-state index in [1.165, 1.54) is 11.8 Å². The van der Waals surface area contributed by atoms with Crippen molar-refractivity contribution in [1.29, 1.82) is 5.41 Å². The number of rotatable bonds is 4. The maximum Gasteiger partial charge on any atom is 0.173 e. The van der Waals surface area contributed by atoms with Gasteiger partial charge in [-0.1, -0.05) is 23.4 Å². The van der Waals surface area contributed by atoms with E-state index in [0.717, 1.165) is 10.5 Å². The molecule has 0 spiro atoms. The highest BCUT2D eigenvalue weighted by Gasteiger charge is 2.10. The van der Waals surface area contributed by atoms with E-state index in [2.05, 4.69) is 20.9 Å². The van der Waals surface area contributed by atoms with Crippen molar-refractivity contribution in [2.45, 2.75) is 29.9 Å². The number of aromatic amines is 1. The van der Waals surface area contributed by atoms with Gasteiger partial charge in [-0.15, -0.1) is 12.3 Å². The number of benzene rings is 1. The molecule has 2 aromatic heterocycles. The number of nitrogens with one attached hydrogen (secondary N) is 2. The Labute approximate surface area is 142 Å². The van der Waals surface area contributed by atoms with Crippen LogP contribution in [0.5, 0.6) is 0 Å². The van der Waals surface area contributed by atoms with Gasteiger partial charge in [0.2, 0.25) is 0 Å². The van der Waals surface area contributed by atoms with E-state index < -0.39 is 0 Å². The zero-order valence-corrected chi connectivity index (χ0v) is 14.0. The van der Waals surface area contributed by atoms with E-state index in [-0.39, 0.29) is 5.49 Å². The highest BCUT2D eigenvalue weighted by atomic mass is 35.5. The maximum absolute atomic E-state index is 7.93. The van der Waals surface area contributed by atoms with Crippen LogP contribution in [0.1, 0.15) is 12.0 Å². The molecule has 0 unspecified atom stereocenters. The Hall–Kier alpha value is -2.23. The van der Waals surface area contributed by atoms with Gasteiger partial charge in [-0.3, -0.25) is 5.41 Å². The fourth-order valence-electron chi connectivity index (χ4n) is 2.23. The first-order chi connectivity index (χ1) is 11.1. The number of nitrogens with zero attached hydrogens (tertiary/aromatic N) is 3. The van der Waals surface area contributed by atoms with Gasteiger partial charge in [0.15, 0.2) is 16.3 Å². The summed E-state index contributed by atoms with van der Waals surface area (Å²) in [6.45, 7) is 2.61. The van der Waals surface area contributed by atoms with Crippen LogP contribution in [0.15, 0.2) is 34.6 Å². The molecule has 5 nitrogen and oxygen atoms in total. The Morgan fingerprint density at radius 1 is 1.43 bits per heavy atom. The summed E-state index contributed by atoms with van der Waals surface area (Å²) in [5, 5.41) is 9.31. The van der Waals surface area contributed by atoms with Gasteiger partial charge in [0.05, 0.1) is 6.33 Å². The molecule has 7 heteroatoms. The molecule has 3 aromatic rings. The second-order valence-electron chi connectivity index (χ2n) is 5.05. The van der Waals surface area contributed by atoms with Gasteiger partial charge in [-0.25, -0.2) is 9.97 Å². The van der Waals surface area contributed by atoms with Crippen molar-refractivity contribution in [3.63, 3.8) is 0 Å². The number of terminal acetylenes is 1. The molecule has 0 saturated heterocycles. The summed E-state index contributed by atoms with van der Waals surface area (Å²) in [6, 6.07) is 5.83. The molecule has 1 aromatic carbocycles. The molecule has 0 aliphatic heterocycles. The van der Waals surface area contributed by atoms with Crippen molar-refractivity contribution in [2.75, 3.05) is 0 Å². The molecule has 0 fully saturated rings. The van der Waals surface area contributed by atoms with Gasteiger partial charge in [0.1, 0.15) is 5.52 Å². The standard InChI is InChI=1S/C16H14ClN5S/c1-3-4-5-22-9-19-14(18)13-15(22)21-16(20-13)23-12-7-10(2)6-11(17)8-12/h1,6-9,18H,4-5H2,2H3,(H,20,21). The molecule has 0 bridgehead atoms. The average Bonchev–Trinajstić information content (AvgIpc) is 2.90. The van der Waals surface area contributed by atoms with Gasteiger partial charge in [0.25, 0.3) is 0 Å². The van der Waals surface area contributed by atoms with Crippen molar-refractivity contribution >= 4 is 34.5 Å². The lowest BCUT2D eigenvalue weighted by molar-refractivity contribution is 0.712. The van der Waals surface area contributed by atoms with E-state index in [4.69, 9.17) is 23.4 Å². The topological polar surface area (TPSA) is 70.3 Å². The molecular formula is C16H14ClN5S. The minimum absolute atomic E-state index is 0.165. The number of hydrogen-bond acceptors (Lipinski definition) is 4. The first-order valence-electron chi connectivity index (χ1n) is 6.95. The molecule has 2 heterocycles. The van der Waals surface area contributed by atoms with Crippen LogP contribution >= 0.6 is 23.4 Å². The molecular weight excluding hydrogens is 330 g/mol. The summed E-state index contributed by atoms with van der Waals surface area (Å²) in [6.07, 6.45) is 7.50. The van der Waals surface area contributed by atoms with Crippen LogP contribution in [0.2, 0.25) is 5.02 Å². The molecule has 23 heavy (non-hydrogen) atoms. The lowest BCUT2D eigenvalue weighted by Crippen LogP contribution is -2.12. The number of imidazole rings is 1. The van der Waals surface area contributed by atoms with Gasteiger partial charge in [-0.2, -0.15) is 0 Å². The summed E-state index contributed by atoms with van der Waals surface area (Å²) in [7, 11) is 0. The molecule has 3 rings (SSSR count). The third-order valence-corrected chi connectivity index (χ3v) is 4.30. The Kier molecular flexibility index (Phi) is 4.42. The quantitative estimate of drug-likeness (QED) is 0.713. The summed E-state index contributed by atoms with van der Waals surface area (Å²) < 4.78 is 1.86. The minimum atomic E-state index is 0.165. The molecule has 0 radical (unpaired) electrons. The molecule has 0 amide bonds. The number of aryl methyl sites for hydroxylation is 2. The zero-order chi connectivity index (χ0) is 16.4. The van der Waals surface area contributed by atoms with Crippen molar-refractivity contribution < 1.29 is 0 Å². The smallest absolute Gasteiger partial charge is 0.173 e. The van der Waals surface area contributed by atoms with Crippen LogP contribution in [-0.4, -0.2) is 19.5 Å². The van der Waals surface area contributed by atoms with Crippen LogP contribution in [0.3, 0.4) is 0 Å². The number of aromatic nitrogens is 4. The number of halogens is 1. The largest absolute Gasteiger partial charge is 0.328 e. The fraction of sp³-hybridized carbons (Fsp3) is 0.188. The second kappa shape index (κ2) is 6.49. The van der Waals surface area contributed by atoms with E-state index in [1.54, 1.807) is 6.33 Å². The van der Waals surface area contributed by atoms with Crippen LogP contribution < -0.4 is 5.49 Å². The average molecular weight is 344 g/mol. The molecule has 2 N–H and O–H groups in total. The molecule has 0 saturated carbocycles. The lowest BCUT2D eigenvalue weighted by Gasteiger charge is -2.03. The van der Waals surface area contributed by atoms with Gasteiger partial charge in [-0.05, 0) is 30.7 Å². The van der Waals surface area contributed by atoms with Crippen molar-refractivity contribution in [1.82, 2.24) is 19.5 Å². The third-order valence-electron chi connectivity index (χ3n) is 3.23. The molecule has 116 valence electrons. The highest BCUT2D eigenvalue weighted by molar-refractivity contribution is 7.99. The van der Waals surface area contributed by atoms with Crippen LogP contribution in [0.25, 0.3) is 11.2 Å². The Balaban J connectivity index is 2.01. The zero-order valence-electron chi connectivity index (χ0n) is 12.4. The lowest BCUT2D eigenvalue weighted by atomic mass is 10.2. The second-order valence-corrected chi connectivity index (χ2v) is 6.55.